The van der Waals surface area contributed by atoms with Crippen molar-refractivity contribution in [3.63, 3.8) is 0 Å². The number of aromatic nitrogens is 2. The van der Waals surface area contributed by atoms with Gasteiger partial charge in [0.05, 0.1) is 23.3 Å². The molecule has 3 N–H and O–H groups in total. The van der Waals surface area contributed by atoms with Crippen molar-refractivity contribution in [2.24, 2.45) is 5.73 Å². The third kappa shape index (κ3) is 2.90. The lowest BCUT2D eigenvalue weighted by Gasteiger charge is -2.19. The monoisotopic (exact) mass is 311 g/mol. The molecule has 1 aromatic heterocycles. The van der Waals surface area contributed by atoms with Gasteiger partial charge in [-0.2, -0.15) is 0 Å². The van der Waals surface area contributed by atoms with Gasteiger partial charge in [-0.3, -0.25) is 4.79 Å². The van der Waals surface area contributed by atoms with Gasteiger partial charge in [0.25, 0.3) is 5.91 Å². The van der Waals surface area contributed by atoms with E-state index in [0.717, 1.165) is 12.0 Å². The number of hydrogen-bond donors (Lipinski definition) is 2. The van der Waals surface area contributed by atoms with Crippen LogP contribution in [0.1, 0.15) is 33.2 Å². The number of nitrogens with two attached hydrogens (primary N) is 1. The van der Waals surface area contributed by atoms with Gasteiger partial charge in [0.1, 0.15) is 0 Å². The average molecular weight is 311 g/mol. The summed E-state index contributed by atoms with van der Waals surface area (Å²) < 4.78 is 0. The van der Waals surface area contributed by atoms with Crippen molar-refractivity contribution in [3.05, 3.63) is 52.8 Å². The molecule has 1 aromatic carbocycles. The lowest BCUT2D eigenvalue weighted by molar-refractivity contribution is 0.0932. The van der Waals surface area contributed by atoms with Crippen LogP contribution in [0.3, 0.4) is 0 Å². The van der Waals surface area contributed by atoms with Crippen LogP contribution in [-0.2, 0) is 6.42 Å². The van der Waals surface area contributed by atoms with Gasteiger partial charge >= 0.3 is 0 Å². The molecule has 0 radical (unpaired) electrons. The molecule has 0 saturated heterocycles. The number of aryl methyl sites for hydroxylation is 1. The van der Waals surface area contributed by atoms with Crippen LogP contribution >= 0.6 is 0 Å². The summed E-state index contributed by atoms with van der Waals surface area (Å²) in [6.07, 6.45) is 2.32. The van der Waals surface area contributed by atoms with E-state index in [-0.39, 0.29) is 18.0 Å². The topological polar surface area (TPSA) is 84.1 Å². The fraction of sp³-hybridized carbons (Fsp3) is 0.353. The molecular weight excluding hydrogens is 290 g/mol. The summed E-state index contributed by atoms with van der Waals surface area (Å²) in [4.78, 5) is 22.9. The number of nitrogens with zero attached hydrogens (tertiary/aromatic N) is 3. The molecule has 1 aliphatic carbocycles. The van der Waals surface area contributed by atoms with Crippen LogP contribution in [0.15, 0.2) is 30.5 Å². The highest BCUT2D eigenvalue weighted by Gasteiger charge is 2.31. The third-order valence-corrected chi connectivity index (χ3v) is 4.22. The Morgan fingerprint density at radius 3 is 2.74 bits per heavy atom. The molecule has 1 amide bonds. The Bertz CT molecular complexity index is 744. The van der Waals surface area contributed by atoms with Gasteiger partial charge in [-0.15, -0.1) is 0 Å². The summed E-state index contributed by atoms with van der Waals surface area (Å²) >= 11 is 0. The SMILES string of the molecule is Cc1nc(N(C)C)ncc1C(=O)N[C@H]1Cc2ccccc2[C@@H]1N. The summed E-state index contributed by atoms with van der Waals surface area (Å²) in [5, 5.41) is 3.02. The molecule has 0 saturated carbocycles. The zero-order chi connectivity index (χ0) is 16.6. The number of nitrogens with one attached hydrogen (secondary N) is 1. The summed E-state index contributed by atoms with van der Waals surface area (Å²) in [5.41, 5.74) is 9.71. The van der Waals surface area contributed by atoms with E-state index in [1.807, 2.05) is 39.2 Å². The molecule has 120 valence electrons. The molecule has 0 bridgehead atoms. The first kappa shape index (κ1) is 15.4. The van der Waals surface area contributed by atoms with Gasteiger partial charge in [-0.25, -0.2) is 9.97 Å². The largest absolute Gasteiger partial charge is 0.347 e. The van der Waals surface area contributed by atoms with Crippen LogP contribution in [0.4, 0.5) is 5.95 Å². The van der Waals surface area contributed by atoms with Crippen LogP contribution < -0.4 is 16.0 Å². The smallest absolute Gasteiger partial charge is 0.254 e. The minimum Gasteiger partial charge on any atom is -0.347 e. The van der Waals surface area contributed by atoms with E-state index in [1.54, 1.807) is 11.1 Å². The fourth-order valence-corrected chi connectivity index (χ4v) is 2.91. The first-order valence-electron chi connectivity index (χ1n) is 7.62. The van der Waals surface area contributed by atoms with Crippen LogP contribution in [0.25, 0.3) is 0 Å². The summed E-state index contributed by atoms with van der Waals surface area (Å²) in [7, 11) is 3.73. The number of carbonyl (C=O) groups is 1. The van der Waals surface area contributed by atoms with E-state index in [0.29, 0.717) is 17.2 Å². The number of amides is 1. The Morgan fingerprint density at radius 1 is 1.35 bits per heavy atom. The molecule has 6 nitrogen and oxygen atoms in total. The Kier molecular flexibility index (Phi) is 4.00. The minimum absolute atomic E-state index is 0.104. The van der Waals surface area contributed by atoms with Crippen LogP contribution in [0.5, 0.6) is 0 Å². The van der Waals surface area contributed by atoms with Crippen LogP contribution in [-0.4, -0.2) is 36.0 Å². The Labute approximate surface area is 135 Å². The zero-order valence-corrected chi connectivity index (χ0v) is 13.6. The second kappa shape index (κ2) is 5.96. The fourth-order valence-electron chi connectivity index (χ4n) is 2.91. The maximum atomic E-state index is 12.5. The second-order valence-corrected chi connectivity index (χ2v) is 6.07. The standard InChI is InChI=1S/C17H21N5O/c1-10-13(9-19-17(20-10)22(2)3)16(23)21-14-8-11-6-4-5-7-12(11)15(14)18/h4-7,9,14-15H,8,18H2,1-3H3,(H,21,23)/t14-,15-/m0/s1. The molecule has 2 atom stereocenters. The number of rotatable bonds is 3. The maximum absolute atomic E-state index is 12.5. The summed E-state index contributed by atoms with van der Waals surface area (Å²) in [5.74, 6) is 0.407. The zero-order valence-electron chi connectivity index (χ0n) is 13.6. The number of hydrogen-bond acceptors (Lipinski definition) is 5. The molecule has 2 aromatic rings. The van der Waals surface area contributed by atoms with Gasteiger partial charge in [0.2, 0.25) is 5.95 Å². The quantitative estimate of drug-likeness (QED) is 0.890. The van der Waals surface area contributed by atoms with E-state index < -0.39 is 0 Å². The average Bonchev–Trinajstić information content (AvgIpc) is 2.83. The maximum Gasteiger partial charge on any atom is 0.254 e. The lowest BCUT2D eigenvalue weighted by Crippen LogP contribution is -2.41. The number of fused-ring (bicyclic) bond motifs is 1. The number of anilines is 1. The van der Waals surface area contributed by atoms with E-state index in [1.165, 1.54) is 5.56 Å². The van der Waals surface area contributed by atoms with Crippen molar-refractivity contribution in [1.82, 2.24) is 15.3 Å². The summed E-state index contributed by atoms with van der Waals surface area (Å²) in [6, 6.07) is 7.76. The van der Waals surface area contributed by atoms with Crippen LogP contribution in [0, 0.1) is 6.92 Å². The highest BCUT2D eigenvalue weighted by molar-refractivity contribution is 5.95. The van der Waals surface area contributed by atoms with Crippen molar-refractivity contribution in [2.75, 3.05) is 19.0 Å². The molecule has 0 spiro atoms. The van der Waals surface area contributed by atoms with Crippen LogP contribution in [0.2, 0.25) is 0 Å². The van der Waals surface area contributed by atoms with Gasteiger partial charge in [-0.05, 0) is 24.5 Å². The molecule has 3 rings (SSSR count). The third-order valence-electron chi connectivity index (χ3n) is 4.22. The predicted molar refractivity (Wildman–Crippen MR) is 89.4 cm³/mol. The van der Waals surface area contributed by atoms with Gasteiger partial charge < -0.3 is 16.0 Å². The molecular formula is C17H21N5O. The molecule has 1 heterocycles. The lowest BCUT2D eigenvalue weighted by atomic mass is 10.1. The second-order valence-electron chi connectivity index (χ2n) is 6.07. The summed E-state index contributed by atoms with van der Waals surface area (Å²) in [6.45, 7) is 1.81. The molecule has 0 fully saturated rings. The van der Waals surface area contributed by atoms with Crippen molar-refractivity contribution in [1.29, 1.82) is 0 Å². The van der Waals surface area contributed by atoms with Crippen molar-refractivity contribution in [3.8, 4) is 0 Å². The predicted octanol–water partition coefficient (Wildman–Crippen LogP) is 1.21. The minimum atomic E-state index is -0.183. The molecule has 1 aliphatic rings. The van der Waals surface area contributed by atoms with E-state index in [2.05, 4.69) is 21.4 Å². The van der Waals surface area contributed by atoms with E-state index in [4.69, 9.17) is 5.73 Å². The van der Waals surface area contributed by atoms with Crippen molar-refractivity contribution < 1.29 is 4.79 Å². The van der Waals surface area contributed by atoms with Gasteiger partial charge in [0, 0.05) is 20.3 Å². The molecule has 6 heteroatoms. The molecule has 0 unspecified atom stereocenters. The Balaban J connectivity index is 1.76. The van der Waals surface area contributed by atoms with Crippen molar-refractivity contribution in [2.45, 2.75) is 25.4 Å². The van der Waals surface area contributed by atoms with Gasteiger partial charge in [-0.1, -0.05) is 24.3 Å². The molecule has 0 aliphatic heterocycles. The first-order chi connectivity index (χ1) is 11.0. The van der Waals surface area contributed by atoms with E-state index in [9.17, 15) is 4.79 Å². The first-order valence-corrected chi connectivity index (χ1v) is 7.62. The van der Waals surface area contributed by atoms with Crippen molar-refractivity contribution >= 4 is 11.9 Å². The Morgan fingerprint density at radius 2 is 2.09 bits per heavy atom. The Hall–Kier alpha value is -2.47. The number of carbonyl (C=O) groups excluding carboxylic acids is 1. The normalized spacial score (nSPS) is 19.3. The van der Waals surface area contributed by atoms with E-state index >= 15 is 0 Å². The van der Waals surface area contributed by atoms with Gasteiger partial charge in [0.15, 0.2) is 0 Å². The molecule has 23 heavy (non-hydrogen) atoms. The highest BCUT2D eigenvalue weighted by Crippen LogP contribution is 2.29. The number of benzene rings is 1. The highest BCUT2D eigenvalue weighted by atomic mass is 16.1.